The molecular formula is C7H8FI. The maximum atomic E-state index is 12.8. The Morgan fingerprint density at radius 3 is 2.56 bits per heavy atom. The standard InChI is InChI=1S/C7H8FI/c1-7(9)5-3-2-4-6(7)8/h2-6H,1H3. The number of rotatable bonds is 0. The molecule has 50 valence electrons. The molecular weight excluding hydrogens is 230 g/mol. The van der Waals surface area contributed by atoms with Crippen LogP contribution in [0, 0.1) is 0 Å². The summed E-state index contributed by atoms with van der Waals surface area (Å²) in [6.45, 7) is 1.87. The fourth-order valence-electron chi connectivity index (χ4n) is 0.685. The molecule has 2 heteroatoms. The zero-order chi connectivity index (χ0) is 6.91. The van der Waals surface area contributed by atoms with Crippen molar-refractivity contribution in [2.75, 3.05) is 0 Å². The molecule has 0 aromatic rings. The molecule has 0 spiro atoms. The second kappa shape index (κ2) is 2.40. The monoisotopic (exact) mass is 238 g/mol. The van der Waals surface area contributed by atoms with Gasteiger partial charge in [-0.1, -0.05) is 40.8 Å². The van der Waals surface area contributed by atoms with E-state index in [0.29, 0.717) is 0 Å². The van der Waals surface area contributed by atoms with Crippen LogP contribution >= 0.6 is 22.6 Å². The van der Waals surface area contributed by atoms with Gasteiger partial charge in [0.15, 0.2) is 0 Å². The predicted octanol–water partition coefficient (Wildman–Crippen LogP) is 2.64. The van der Waals surface area contributed by atoms with Crippen LogP contribution in [0.1, 0.15) is 6.92 Å². The second-order valence-electron chi connectivity index (χ2n) is 2.30. The number of allylic oxidation sites excluding steroid dienone is 4. The first kappa shape index (κ1) is 7.25. The minimum Gasteiger partial charge on any atom is -0.241 e. The Balaban J connectivity index is 2.78. The molecule has 0 bridgehead atoms. The molecule has 0 saturated carbocycles. The van der Waals surface area contributed by atoms with E-state index in [0.717, 1.165) is 0 Å². The topological polar surface area (TPSA) is 0 Å². The number of hydrogen-bond donors (Lipinski definition) is 0. The zero-order valence-electron chi connectivity index (χ0n) is 5.14. The molecule has 9 heavy (non-hydrogen) atoms. The molecule has 2 unspecified atom stereocenters. The Morgan fingerprint density at radius 1 is 1.56 bits per heavy atom. The summed E-state index contributed by atoms with van der Waals surface area (Å²) in [6, 6.07) is 0. The lowest BCUT2D eigenvalue weighted by atomic mass is 10.0. The second-order valence-corrected chi connectivity index (χ2v) is 4.62. The highest BCUT2D eigenvalue weighted by molar-refractivity contribution is 14.1. The van der Waals surface area contributed by atoms with E-state index in [-0.39, 0.29) is 3.42 Å². The van der Waals surface area contributed by atoms with Crippen molar-refractivity contribution in [3.05, 3.63) is 24.3 Å². The van der Waals surface area contributed by atoms with Gasteiger partial charge in [0.25, 0.3) is 0 Å². The average Bonchev–Trinajstić information content (AvgIpc) is 1.77. The Bertz CT molecular complexity index is 158. The molecule has 1 aliphatic rings. The third-order valence-electron chi connectivity index (χ3n) is 1.35. The summed E-state index contributed by atoms with van der Waals surface area (Å²) in [5.41, 5.74) is 0. The third kappa shape index (κ3) is 1.53. The van der Waals surface area contributed by atoms with Crippen LogP contribution in [-0.2, 0) is 0 Å². The highest BCUT2D eigenvalue weighted by atomic mass is 127. The molecule has 2 atom stereocenters. The SMILES string of the molecule is CC1(I)C=CC=CC1F. The van der Waals surface area contributed by atoms with Crippen LogP contribution in [0.3, 0.4) is 0 Å². The molecule has 0 aromatic carbocycles. The zero-order valence-corrected chi connectivity index (χ0v) is 7.30. The van der Waals surface area contributed by atoms with Crippen LogP contribution in [0.2, 0.25) is 0 Å². The van der Waals surface area contributed by atoms with Crippen LogP contribution in [0.25, 0.3) is 0 Å². The fraction of sp³-hybridized carbons (Fsp3) is 0.429. The summed E-state index contributed by atoms with van der Waals surface area (Å²) < 4.78 is 12.5. The van der Waals surface area contributed by atoms with E-state index in [4.69, 9.17) is 0 Å². The number of alkyl halides is 2. The van der Waals surface area contributed by atoms with Gasteiger partial charge in [-0.2, -0.15) is 0 Å². The van der Waals surface area contributed by atoms with Crippen LogP contribution < -0.4 is 0 Å². The summed E-state index contributed by atoms with van der Waals surface area (Å²) >= 11 is 2.10. The molecule has 0 aromatic heterocycles. The highest BCUT2D eigenvalue weighted by Gasteiger charge is 2.27. The van der Waals surface area contributed by atoms with E-state index in [9.17, 15) is 4.39 Å². The van der Waals surface area contributed by atoms with Crippen molar-refractivity contribution in [2.45, 2.75) is 16.5 Å². The molecule has 0 N–H and O–H groups in total. The van der Waals surface area contributed by atoms with E-state index in [2.05, 4.69) is 22.6 Å². The minimum absolute atomic E-state index is 0.327. The molecule has 0 nitrogen and oxygen atoms in total. The van der Waals surface area contributed by atoms with Crippen molar-refractivity contribution in [1.29, 1.82) is 0 Å². The van der Waals surface area contributed by atoms with Crippen molar-refractivity contribution in [1.82, 2.24) is 0 Å². The predicted molar refractivity (Wildman–Crippen MR) is 45.6 cm³/mol. The first-order valence-electron chi connectivity index (χ1n) is 2.82. The number of hydrogen-bond acceptors (Lipinski definition) is 0. The average molecular weight is 238 g/mol. The Morgan fingerprint density at radius 2 is 2.22 bits per heavy atom. The Kier molecular flexibility index (Phi) is 1.94. The van der Waals surface area contributed by atoms with Gasteiger partial charge < -0.3 is 0 Å². The summed E-state index contributed by atoms with van der Waals surface area (Å²) in [4.78, 5) is 0. The third-order valence-corrected chi connectivity index (χ3v) is 2.31. The van der Waals surface area contributed by atoms with Crippen LogP contribution in [-0.4, -0.2) is 9.59 Å². The van der Waals surface area contributed by atoms with Gasteiger partial charge in [-0.3, -0.25) is 0 Å². The van der Waals surface area contributed by atoms with Gasteiger partial charge in [0.1, 0.15) is 6.17 Å². The Hall–Kier alpha value is 0.140. The van der Waals surface area contributed by atoms with Crippen LogP contribution in [0.15, 0.2) is 24.3 Å². The summed E-state index contributed by atoms with van der Waals surface area (Å²) in [5.74, 6) is 0. The van der Waals surface area contributed by atoms with Crippen molar-refractivity contribution < 1.29 is 4.39 Å². The maximum absolute atomic E-state index is 12.8. The van der Waals surface area contributed by atoms with Crippen molar-refractivity contribution in [2.24, 2.45) is 0 Å². The van der Waals surface area contributed by atoms with Crippen molar-refractivity contribution in [3.8, 4) is 0 Å². The Labute approximate surface area is 68.0 Å². The largest absolute Gasteiger partial charge is 0.241 e. The molecule has 0 saturated heterocycles. The maximum Gasteiger partial charge on any atom is 0.136 e. The normalized spacial score (nSPS) is 41.4. The van der Waals surface area contributed by atoms with Gasteiger partial charge in [-0.15, -0.1) is 0 Å². The molecule has 0 aliphatic heterocycles. The van der Waals surface area contributed by atoms with Crippen molar-refractivity contribution >= 4 is 22.6 Å². The molecule has 1 aliphatic carbocycles. The summed E-state index contributed by atoms with van der Waals surface area (Å²) in [6.07, 6.45) is 6.24. The van der Waals surface area contributed by atoms with Crippen LogP contribution in [0.4, 0.5) is 4.39 Å². The van der Waals surface area contributed by atoms with Gasteiger partial charge >= 0.3 is 0 Å². The van der Waals surface area contributed by atoms with Crippen molar-refractivity contribution in [3.63, 3.8) is 0 Å². The van der Waals surface area contributed by atoms with E-state index >= 15 is 0 Å². The first-order valence-corrected chi connectivity index (χ1v) is 3.90. The lowest BCUT2D eigenvalue weighted by Gasteiger charge is -2.22. The molecule has 0 heterocycles. The molecule has 1 rings (SSSR count). The van der Waals surface area contributed by atoms with Gasteiger partial charge in [-0.05, 0) is 13.0 Å². The fourth-order valence-corrected chi connectivity index (χ4v) is 1.10. The first-order chi connectivity index (χ1) is 4.13. The van der Waals surface area contributed by atoms with Gasteiger partial charge in [-0.25, -0.2) is 4.39 Å². The molecule has 0 radical (unpaired) electrons. The van der Waals surface area contributed by atoms with Gasteiger partial charge in [0, 0.05) is 0 Å². The van der Waals surface area contributed by atoms with E-state index in [1.54, 1.807) is 12.2 Å². The van der Waals surface area contributed by atoms with E-state index < -0.39 is 6.17 Å². The van der Waals surface area contributed by atoms with E-state index in [1.807, 2.05) is 19.1 Å². The smallest absolute Gasteiger partial charge is 0.136 e. The van der Waals surface area contributed by atoms with Crippen LogP contribution in [0.5, 0.6) is 0 Å². The highest BCUT2D eigenvalue weighted by Crippen LogP contribution is 2.29. The van der Waals surface area contributed by atoms with Gasteiger partial charge in [0.05, 0.1) is 3.42 Å². The minimum atomic E-state index is -0.830. The quantitative estimate of drug-likeness (QED) is 0.449. The van der Waals surface area contributed by atoms with E-state index in [1.165, 1.54) is 0 Å². The lowest BCUT2D eigenvalue weighted by Crippen LogP contribution is -2.26. The lowest BCUT2D eigenvalue weighted by molar-refractivity contribution is 0.367. The number of halogens is 2. The van der Waals surface area contributed by atoms with Gasteiger partial charge in [0.2, 0.25) is 0 Å². The molecule has 0 fully saturated rings. The molecule has 0 amide bonds. The summed E-state index contributed by atoms with van der Waals surface area (Å²) in [7, 11) is 0. The summed E-state index contributed by atoms with van der Waals surface area (Å²) in [5, 5.41) is 0.